The summed E-state index contributed by atoms with van der Waals surface area (Å²) in [5, 5.41) is 10.1. The van der Waals surface area contributed by atoms with Crippen LogP contribution in [0.1, 0.15) is 32.6 Å². The van der Waals surface area contributed by atoms with Crippen LogP contribution in [0.15, 0.2) is 0 Å². The molecular weight excluding hydrogens is 220 g/mol. The summed E-state index contributed by atoms with van der Waals surface area (Å²) in [7, 11) is 1.30. The predicted octanol–water partition coefficient (Wildman–Crippen LogP) is 0.114. The van der Waals surface area contributed by atoms with E-state index in [-0.39, 0.29) is 0 Å². The number of rotatable bonds is 5. The normalized spacial score (nSPS) is 25.3. The van der Waals surface area contributed by atoms with Crippen molar-refractivity contribution in [1.82, 2.24) is 4.90 Å². The van der Waals surface area contributed by atoms with Crippen molar-refractivity contribution in [3.8, 4) is 0 Å². The van der Waals surface area contributed by atoms with Crippen molar-refractivity contribution in [2.24, 2.45) is 5.73 Å². The van der Waals surface area contributed by atoms with E-state index in [1.165, 1.54) is 20.5 Å². The number of carbonyl (C=O) groups excluding carboxylic acids is 1. The van der Waals surface area contributed by atoms with Gasteiger partial charge in [0.2, 0.25) is 0 Å². The molecule has 17 heavy (non-hydrogen) atoms. The Hall–Kier alpha value is -0.650. The van der Waals surface area contributed by atoms with Crippen molar-refractivity contribution in [1.29, 1.82) is 0 Å². The maximum absolute atomic E-state index is 11.4. The number of hydrogen-bond acceptors (Lipinski definition) is 5. The first-order chi connectivity index (χ1) is 8.01. The third-order valence-corrected chi connectivity index (χ3v) is 3.39. The Labute approximate surface area is 103 Å². The van der Waals surface area contributed by atoms with E-state index >= 15 is 0 Å². The minimum atomic E-state index is -1.43. The second-order valence-electron chi connectivity index (χ2n) is 4.96. The molecular formula is C12H24N2O3. The Morgan fingerprint density at radius 1 is 1.59 bits per heavy atom. The summed E-state index contributed by atoms with van der Waals surface area (Å²) in [6.45, 7) is 3.39. The van der Waals surface area contributed by atoms with Crippen molar-refractivity contribution < 1.29 is 14.6 Å². The average molecular weight is 244 g/mol. The van der Waals surface area contributed by atoms with E-state index in [1.54, 1.807) is 0 Å². The highest BCUT2D eigenvalue weighted by molar-refractivity contribution is 5.78. The van der Waals surface area contributed by atoms with E-state index < -0.39 is 11.6 Å². The highest BCUT2D eigenvalue weighted by Gasteiger charge is 2.36. The lowest BCUT2D eigenvalue weighted by Crippen LogP contribution is -2.52. The van der Waals surface area contributed by atoms with Gasteiger partial charge in [0.05, 0.1) is 7.11 Å². The number of esters is 1. The zero-order chi connectivity index (χ0) is 12.9. The smallest absolute Gasteiger partial charge is 0.338 e. The van der Waals surface area contributed by atoms with Crippen LogP contribution in [0.25, 0.3) is 0 Å². The van der Waals surface area contributed by atoms with Crippen LogP contribution in [0.2, 0.25) is 0 Å². The van der Waals surface area contributed by atoms with E-state index in [0.717, 1.165) is 25.8 Å². The molecule has 1 aliphatic rings. The van der Waals surface area contributed by atoms with Crippen molar-refractivity contribution in [2.75, 3.05) is 26.7 Å². The molecule has 0 radical (unpaired) electrons. The minimum Gasteiger partial charge on any atom is -0.467 e. The third-order valence-electron chi connectivity index (χ3n) is 3.39. The standard InChI is InChI=1S/C12H24N2O3/c1-12(16,11(15)17-2)9-14-8-4-3-5-10(14)6-7-13/h10,16H,3-9,13H2,1-2H3. The zero-order valence-corrected chi connectivity index (χ0v) is 10.8. The molecule has 1 saturated heterocycles. The maximum Gasteiger partial charge on any atom is 0.338 e. The van der Waals surface area contributed by atoms with Crippen LogP contribution in [-0.2, 0) is 9.53 Å². The summed E-state index contributed by atoms with van der Waals surface area (Å²) >= 11 is 0. The van der Waals surface area contributed by atoms with Gasteiger partial charge in [0.25, 0.3) is 0 Å². The maximum atomic E-state index is 11.4. The monoisotopic (exact) mass is 244 g/mol. The van der Waals surface area contributed by atoms with Crippen LogP contribution in [0.4, 0.5) is 0 Å². The Morgan fingerprint density at radius 2 is 2.29 bits per heavy atom. The van der Waals surface area contributed by atoms with Crippen molar-refractivity contribution in [3.05, 3.63) is 0 Å². The number of hydrogen-bond donors (Lipinski definition) is 2. The third kappa shape index (κ3) is 3.94. The van der Waals surface area contributed by atoms with E-state index in [4.69, 9.17) is 5.73 Å². The van der Waals surface area contributed by atoms with Crippen LogP contribution in [0, 0.1) is 0 Å². The summed E-state index contributed by atoms with van der Waals surface area (Å²) in [5.41, 5.74) is 4.16. The van der Waals surface area contributed by atoms with Gasteiger partial charge in [-0.1, -0.05) is 6.42 Å². The molecule has 2 unspecified atom stereocenters. The number of carbonyl (C=O) groups is 1. The van der Waals surface area contributed by atoms with Gasteiger partial charge in [-0.15, -0.1) is 0 Å². The summed E-state index contributed by atoms with van der Waals surface area (Å²) < 4.78 is 4.61. The van der Waals surface area contributed by atoms with Crippen LogP contribution in [-0.4, -0.2) is 54.4 Å². The van der Waals surface area contributed by atoms with Crippen LogP contribution in [0.5, 0.6) is 0 Å². The molecule has 0 bridgehead atoms. The van der Waals surface area contributed by atoms with Gasteiger partial charge >= 0.3 is 5.97 Å². The number of ether oxygens (including phenoxy) is 1. The molecule has 1 fully saturated rings. The molecule has 3 N–H and O–H groups in total. The molecule has 0 aliphatic carbocycles. The van der Waals surface area contributed by atoms with E-state index in [2.05, 4.69) is 9.64 Å². The van der Waals surface area contributed by atoms with Gasteiger partial charge < -0.3 is 15.6 Å². The predicted molar refractivity (Wildman–Crippen MR) is 65.5 cm³/mol. The number of nitrogens with zero attached hydrogens (tertiary/aromatic N) is 1. The summed E-state index contributed by atoms with van der Waals surface area (Å²) in [4.78, 5) is 13.6. The Morgan fingerprint density at radius 3 is 2.88 bits per heavy atom. The fourth-order valence-corrected chi connectivity index (χ4v) is 2.47. The van der Waals surface area contributed by atoms with E-state index in [9.17, 15) is 9.90 Å². The van der Waals surface area contributed by atoms with Crippen molar-refractivity contribution in [3.63, 3.8) is 0 Å². The molecule has 1 rings (SSSR count). The summed E-state index contributed by atoms with van der Waals surface area (Å²) in [5.74, 6) is -0.574. The first-order valence-corrected chi connectivity index (χ1v) is 6.26. The number of methoxy groups -OCH3 is 1. The fraction of sp³-hybridized carbons (Fsp3) is 0.917. The van der Waals surface area contributed by atoms with Crippen LogP contribution < -0.4 is 5.73 Å². The van der Waals surface area contributed by atoms with Gasteiger partial charge in [0, 0.05) is 12.6 Å². The quantitative estimate of drug-likeness (QED) is 0.672. The number of likely N-dealkylation sites (tertiary alicyclic amines) is 1. The summed E-state index contributed by atoms with van der Waals surface area (Å²) in [6.07, 6.45) is 4.31. The largest absolute Gasteiger partial charge is 0.467 e. The molecule has 0 saturated carbocycles. The van der Waals surface area contributed by atoms with Gasteiger partial charge in [-0.25, -0.2) is 4.79 Å². The number of nitrogens with two attached hydrogens (primary N) is 1. The van der Waals surface area contributed by atoms with Gasteiger partial charge in [-0.05, 0) is 39.3 Å². The molecule has 5 nitrogen and oxygen atoms in total. The lowest BCUT2D eigenvalue weighted by Gasteiger charge is -2.38. The molecule has 1 heterocycles. The molecule has 0 spiro atoms. The molecule has 0 aromatic carbocycles. The van der Waals surface area contributed by atoms with Crippen LogP contribution >= 0.6 is 0 Å². The molecule has 0 aromatic rings. The zero-order valence-electron chi connectivity index (χ0n) is 10.8. The molecule has 0 amide bonds. The second-order valence-corrected chi connectivity index (χ2v) is 4.96. The van der Waals surface area contributed by atoms with Gasteiger partial charge in [0.1, 0.15) is 0 Å². The fourth-order valence-electron chi connectivity index (χ4n) is 2.47. The lowest BCUT2D eigenvalue weighted by molar-refractivity contribution is -0.163. The van der Waals surface area contributed by atoms with Gasteiger partial charge in [-0.2, -0.15) is 0 Å². The van der Waals surface area contributed by atoms with Gasteiger partial charge in [0.15, 0.2) is 5.60 Å². The molecule has 1 aliphatic heterocycles. The first-order valence-electron chi connectivity index (χ1n) is 6.26. The van der Waals surface area contributed by atoms with Crippen LogP contribution in [0.3, 0.4) is 0 Å². The first kappa shape index (κ1) is 14.4. The Kier molecular flexibility index (Phi) is 5.36. The van der Waals surface area contributed by atoms with E-state index in [0.29, 0.717) is 19.1 Å². The summed E-state index contributed by atoms with van der Waals surface area (Å²) in [6, 6.07) is 0.380. The molecule has 100 valence electrons. The topological polar surface area (TPSA) is 75.8 Å². The van der Waals surface area contributed by atoms with Crippen molar-refractivity contribution >= 4 is 5.97 Å². The number of aliphatic hydroxyl groups is 1. The Balaban J connectivity index is 2.60. The SMILES string of the molecule is COC(=O)C(C)(O)CN1CCCCC1CCN. The minimum absolute atomic E-state index is 0.324. The molecule has 2 atom stereocenters. The highest BCUT2D eigenvalue weighted by Crippen LogP contribution is 2.22. The van der Waals surface area contributed by atoms with E-state index in [1.807, 2.05) is 0 Å². The second kappa shape index (κ2) is 6.33. The van der Waals surface area contributed by atoms with Gasteiger partial charge in [-0.3, -0.25) is 4.90 Å². The highest BCUT2D eigenvalue weighted by atomic mass is 16.5. The molecule has 0 aromatic heterocycles. The number of β-amino-alcohol motifs (C(OH)–C–C–N with tert-alkyl or cyclic N) is 1. The number of piperidine rings is 1. The average Bonchev–Trinajstić information content (AvgIpc) is 2.30. The Bertz CT molecular complexity index is 254. The lowest BCUT2D eigenvalue weighted by atomic mass is 9.96. The molecule has 5 heteroatoms. The van der Waals surface area contributed by atoms with Crippen molar-refractivity contribution in [2.45, 2.75) is 44.2 Å².